The van der Waals surface area contributed by atoms with Gasteiger partial charge in [-0.05, 0) is 88.1 Å². The van der Waals surface area contributed by atoms with Crippen LogP contribution >= 0.6 is 0 Å². The fraction of sp³-hybridized carbons (Fsp3) is 0.347. The number of ether oxygens (including phenoxy) is 2. The molecule has 20 heteroatoms. The smallest absolute Gasteiger partial charge is 0.408 e. The topological polar surface area (TPSA) is 307 Å². The molecule has 366 valence electrons. The monoisotopic (exact) mass is 953 g/mol. The highest BCUT2D eigenvalue weighted by Gasteiger charge is 2.37. The molecule has 0 saturated carbocycles. The van der Waals surface area contributed by atoms with Crippen LogP contribution in [-0.2, 0) is 57.6 Å². The van der Waals surface area contributed by atoms with Gasteiger partial charge in [-0.3, -0.25) is 38.9 Å². The summed E-state index contributed by atoms with van der Waals surface area (Å²) in [6, 6.07) is 24.3. The minimum atomic E-state index is -1.83. The number of esters is 1. The standard InChI is InChI=1S/C49H55N5O15/c1-49(2,3)69-48(65)53-40(28-35(47(63)64)25-32-17-11-6-12-18-32)44(58)52-39(27-34(46(61)62)24-31-15-9-5-10-16-31)43(57)51-38(26-33(45(59)60)23-30-13-7-4-8-14-30)42(56)50-29-41(55)68-37-21-19-36(20-22-37)54(66)67/h4-22,33-35,38-40H,23-29H2,1-3H3,(H,50,56)(H,51,57)(H,52,58)(H,53,65)(H,59,60)(H,61,62)(H,63,64)/t33-,34-,35+,38+,39+,40+/m1/s1. The van der Waals surface area contributed by atoms with Crippen LogP contribution in [0.3, 0.4) is 0 Å². The predicted molar refractivity (Wildman–Crippen MR) is 246 cm³/mol. The molecule has 0 saturated heterocycles. The van der Waals surface area contributed by atoms with E-state index in [0.717, 1.165) is 24.3 Å². The fourth-order valence-electron chi connectivity index (χ4n) is 7.14. The van der Waals surface area contributed by atoms with E-state index in [4.69, 9.17) is 9.47 Å². The molecular formula is C49H55N5O15. The summed E-state index contributed by atoms with van der Waals surface area (Å²) in [5, 5.41) is 51.7. The summed E-state index contributed by atoms with van der Waals surface area (Å²) < 4.78 is 10.5. The number of nitrogens with zero attached hydrogens (tertiary/aromatic N) is 1. The third-order valence-corrected chi connectivity index (χ3v) is 10.5. The Hall–Kier alpha value is -8.16. The second kappa shape index (κ2) is 25.7. The van der Waals surface area contributed by atoms with E-state index in [-0.39, 0.29) is 30.7 Å². The van der Waals surface area contributed by atoms with Gasteiger partial charge in [0.25, 0.3) is 5.69 Å². The van der Waals surface area contributed by atoms with Crippen molar-refractivity contribution in [3.8, 4) is 5.75 Å². The third-order valence-electron chi connectivity index (χ3n) is 10.5. The number of rotatable bonds is 25. The van der Waals surface area contributed by atoms with Crippen molar-refractivity contribution in [1.29, 1.82) is 0 Å². The molecule has 7 N–H and O–H groups in total. The molecule has 0 heterocycles. The van der Waals surface area contributed by atoms with Crippen LogP contribution in [0.4, 0.5) is 10.5 Å². The number of carbonyl (C=O) groups excluding carboxylic acids is 5. The van der Waals surface area contributed by atoms with Crippen LogP contribution in [0.1, 0.15) is 56.7 Å². The van der Waals surface area contributed by atoms with Gasteiger partial charge in [0.1, 0.15) is 36.0 Å². The summed E-state index contributed by atoms with van der Waals surface area (Å²) >= 11 is 0. The predicted octanol–water partition coefficient (Wildman–Crippen LogP) is 4.48. The molecule has 0 unspecified atom stereocenters. The maximum Gasteiger partial charge on any atom is 0.408 e. The fourth-order valence-corrected chi connectivity index (χ4v) is 7.14. The zero-order valence-electron chi connectivity index (χ0n) is 38.1. The molecule has 6 atom stereocenters. The Morgan fingerprint density at radius 2 is 0.913 bits per heavy atom. The van der Waals surface area contributed by atoms with Gasteiger partial charge in [-0.15, -0.1) is 0 Å². The highest BCUT2D eigenvalue weighted by atomic mass is 16.6. The average molecular weight is 954 g/mol. The molecule has 4 amide bonds. The lowest BCUT2D eigenvalue weighted by Gasteiger charge is -2.29. The summed E-state index contributed by atoms with van der Waals surface area (Å²) in [4.78, 5) is 117. The van der Waals surface area contributed by atoms with Crippen molar-refractivity contribution in [2.75, 3.05) is 6.54 Å². The number of hydrogen-bond donors (Lipinski definition) is 7. The van der Waals surface area contributed by atoms with Crippen molar-refractivity contribution in [2.45, 2.75) is 83.0 Å². The number of amides is 4. The normalized spacial score (nSPS) is 13.7. The molecule has 69 heavy (non-hydrogen) atoms. The van der Waals surface area contributed by atoms with E-state index >= 15 is 0 Å². The summed E-state index contributed by atoms with van der Waals surface area (Å²) in [5.41, 5.74) is 0.360. The van der Waals surface area contributed by atoms with Crippen LogP contribution in [0.15, 0.2) is 115 Å². The van der Waals surface area contributed by atoms with Crippen LogP contribution in [0, 0.1) is 27.9 Å². The molecule has 0 aliphatic carbocycles. The van der Waals surface area contributed by atoms with Crippen LogP contribution in [0.2, 0.25) is 0 Å². The van der Waals surface area contributed by atoms with Crippen LogP contribution < -0.4 is 26.0 Å². The van der Waals surface area contributed by atoms with Gasteiger partial charge in [0, 0.05) is 12.1 Å². The third kappa shape index (κ3) is 18.6. The Balaban J connectivity index is 1.70. The van der Waals surface area contributed by atoms with Crippen LogP contribution in [0.25, 0.3) is 0 Å². The number of hydrogen-bond acceptors (Lipinski definition) is 12. The second-order valence-corrected chi connectivity index (χ2v) is 17.1. The molecule has 4 aromatic carbocycles. The number of carboxylic acids is 3. The molecule has 4 aromatic rings. The first-order valence-corrected chi connectivity index (χ1v) is 21.8. The van der Waals surface area contributed by atoms with Gasteiger partial charge in [0.05, 0.1) is 22.7 Å². The van der Waals surface area contributed by atoms with Gasteiger partial charge >= 0.3 is 30.0 Å². The Labute approximate surface area is 396 Å². The number of benzene rings is 4. The average Bonchev–Trinajstić information content (AvgIpc) is 3.29. The quantitative estimate of drug-likeness (QED) is 0.0209. The molecule has 0 aliphatic rings. The lowest BCUT2D eigenvalue weighted by atomic mass is 9.90. The maximum absolute atomic E-state index is 14.6. The van der Waals surface area contributed by atoms with Gasteiger partial charge in [0.15, 0.2) is 0 Å². The Kier molecular flexibility index (Phi) is 19.9. The van der Waals surface area contributed by atoms with E-state index in [1.165, 1.54) is 0 Å². The largest absolute Gasteiger partial charge is 0.481 e. The summed E-state index contributed by atoms with van der Waals surface area (Å²) in [7, 11) is 0. The molecule has 0 aromatic heterocycles. The number of carbonyl (C=O) groups is 8. The van der Waals surface area contributed by atoms with Gasteiger partial charge < -0.3 is 46.1 Å². The molecule has 0 aliphatic heterocycles. The SMILES string of the molecule is CC(C)(C)OC(=O)N[C@@H](C[C@H](Cc1ccccc1)C(=O)O)C(=O)N[C@@H](C[C@@H](Cc1ccccc1)C(=O)O)C(=O)N[C@@H](C[C@@H](Cc1ccccc1)C(=O)O)C(=O)NCC(=O)Oc1ccc([N+](=O)[O-])cc1. The van der Waals surface area contributed by atoms with E-state index in [1.807, 2.05) is 0 Å². The van der Waals surface area contributed by atoms with Gasteiger partial charge in [0.2, 0.25) is 17.7 Å². The first-order chi connectivity index (χ1) is 32.7. The number of carboxylic acid groups (broad SMARTS) is 3. The second-order valence-electron chi connectivity index (χ2n) is 17.1. The van der Waals surface area contributed by atoms with E-state index in [1.54, 1.807) is 112 Å². The Morgan fingerprint density at radius 3 is 1.26 bits per heavy atom. The van der Waals surface area contributed by atoms with Crippen molar-refractivity contribution in [3.63, 3.8) is 0 Å². The van der Waals surface area contributed by atoms with Crippen molar-refractivity contribution < 1.29 is 68.1 Å². The van der Waals surface area contributed by atoms with Gasteiger partial charge in [-0.1, -0.05) is 91.0 Å². The molecule has 0 spiro atoms. The molecule has 0 fully saturated rings. The number of non-ortho nitro benzene ring substituents is 1. The van der Waals surface area contributed by atoms with Gasteiger partial charge in [-0.25, -0.2) is 9.59 Å². The van der Waals surface area contributed by atoms with E-state index in [2.05, 4.69) is 21.3 Å². The molecular weight excluding hydrogens is 899 g/mol. The minimum Gasteiger partial charge on any atom is -0.481 e. The summed E-state index contributed by atoms with van der Waals surface area (Å²) in [6.07, 6.45) is -3.21. The molecule has 4 rings (SSSR count). The first-order valence-electron chi connectivity index (χ1n) is 21.8. The van der Waals surface area contributed by atoms with E-state index in [9.17, 15) is 63.8 Å². The van der Waals surface area contributed by atoms with Gasteiger partial charge in [-0.2, -0.15) is 0 Å². The number of aliphatic carboxylic acids is 3. The highest BCUT2D eigenvalue weighted by molar-refractivity contribution is 5.95. The molecule has 20 nitrogen and oxygen atoms in total. The lowest BCUT2D eigenvalue weighted by molar-refractivity contribution is -0.384. The number of alkyl carbamates (subject to hydrolysis) is 1. The maximum atomic E-state index is 14.6. The van der Waals surface area contributed by atoms with E-state index < -0.39 is 120 Å². The zero-order chi connectivity index (χ0) is 50.7. The van der Waals surface area contributed by atoms with Crippen molar-refractivity contribution in [1.82, 2.24) is 21.3 Å². The van der Waals surface area contributed by atoms with Crippen molar-refractivity contribution in [2.24, 2.45) is 17.8 Å². The Morgan fingerprint density at radius 1 is 0.551 bits per heavy atom. The summed E-state index contributed by atoms with van der Waals surface area (Å²) in [6.45, 7) is 3.83. The van der Waals surface area contributed by atoms with E-state index in [0.29, 0.717) is 16.7 Å². The van der Waals surface area contributed by atoms with Crippen molar-refractivity contribution >= 4 is 53.4 Å². The molecule has 0 bridgehead atoms. The van der Waals surface area contributed by atoms with Crippen molar-refractivity contribution in [3.05, 3.63) is 142 Å². The number of nitro benzene ring substituents is 1. The van der Waals surface area contributed by atoms with Crippen LogP contribution in [0.5, 0.6) is 5.75 Å². The molecule has 0 radical (unpaired) electrons. The highest BCUT2D eigenvalue weighted by Crippen LogP contribution is 2.21. The summed E-state index contributed by atoms with van der Waals surface area (Å²) in [5.74, 6) is -12.6. The minimum absolute atomic E-state index is 0.0794. The lowest BCUT2D eigenvalue weighted by Crippen LogP contribution is -2.58. The Bertz CT molecular complexity index is 2410. The number of nitrogens with one attached hydrogen (secondary N) is 4. The number of nitro groups is 1. The zero-order valence-corrected chi connectivity index (χ0v) is 38.1. The first kappa shape index (κ1) is 53.5. The van der Waals surface area contributed by atoms with Crippen LogP contribution in [-0.4, -0.2) is 98.2 Å².